The van der Waals surface area contributed by atoms with Gasteiger partial charge in [0.15, 0.2) is 5.11 Å². The number of nitrogens with one attached hydrogen (secondary N) is 2. The number of nitrogens with two attached hydrogens (primary N) is 1. The molecule has 0 saturated heterocycles. The van der Waals surface area contributed by atoms with E-state index in [1.165, 1.54) is 7.11 Å². The SMILES string of the molecule is COc1ccccc1C(=O)NC(=S)Nc1ccc(N)cc1.Cl. The zero-order valence-corrected chi connectivity index (χ0v) is 13.5. The Kier molecular flexibility index (Phi) is 6.62. The highest BCUT2D eigenvalue weighted by Crippen LogP contribution is 2.17. The number of anilines is 2. The van der Waals surface area contributed by atoms with Crippen molar-refractivity contribution in [2.45, 2.75) is 0 Å². The van der Waals surface area contributed by atoms with Crippen molar-refractivity contribution in [3.05, 3.63) is 54.1 Å². The van der Waals surface area contributed by atoms with Crippen LogP contribution >= 0.6 is 24.6 Å². The van der Waals surface area contributed by atoms with E-state index in [2.05, 4.69) is 10.6 Å². The van der Waals surface area contributed by atoms with Crippen LogP contribution in [0.5, 0.6) is 5.75 Å². The van der Waals surface area contributed by atoms with Crippen molar-refractivity contribution >= 4 is 47.0 Å². The van der Waals surface area contributed by atoms with E-state index in [1.807, 2.05) is 0 Å². The normalized spacial score (nSPS) is 9.32. The zero-order valence-electron chi connectivity index (χ0n) is 11.8. The summed E-state index contributed by atoms with van der Waals surface area (Å²) >= 11 is 5.11. The third-order valence-electron chi connectivity index (χ3n) is 2.75. The second-order valence-electron chi connectivity index (χ2n) is 4.23. The molecule has 0 radical (unpaired) electrons. The molecule has 0 aliphatic heterocycles. The minimum atomic E-state index is -0.333. The second-order valence-corrected chi connectivity index (χ2v) is 4.64. The summed E-state index contributed by atoms with van der Waals surface area (Å²) < 4.78 is 5.14. The van der Waals surface area contributed by atoms with Crippen LogP contribution in [-0.2, 0) is 0 Å². The predicted molar refractivity (Wildman–Crippen MR) is 94.8 cm³/mol. The molecule has 2 rings (SSSR count). The van der Waals surface area contributed by atoms with Crippen molar-refractivity contribution < 1.29 is 9.53 Å². The topological polar surface area (TPSA) is 76.4 Å². The molecule has 2 aromatic carbocycles. The summed E-state index contributed by atoms with van der Waals surface area (Å²) in [4.78, 5) is 12.1. The number of carbonyl (C=O) groups excluding carboxylic acids is 1. The number of thiocarbonyl (C=S) groups is 1. The summed E-state index contributed by atoms with van der Waals surface area (Å²) in [5, 5.41) is 5.72. The quantitative estimate of drug-likeness (QED) is 0.593. The fourth-order valence-corrected chi connectivity index (χ4v) is 1.94. The van der Waals surface area contributed by atoms with Crippen LogP contribution in [-0.4, -0.2) is 18.1 Å². The van der Waals surface area contributed by atoms with Gasteiger partial charge < -0.3 is 15.8 Å². The third kappa shape index (κ3) is 4.61. The number of benzene rings is 2. The van der Waals surface area contributed by atoms with Gasteiger partial charge in [0.25, 0.3) is 5.91 Å². The number of ether oxygens (including phenoxy) is 1. The summed E-state index contributed by atoms with van der Waals surface area (Å²) in [5.74, 6) is 0.158. The molecule has 0 fully saturated rings. The van der Waals surface area contributed by atoms with E-state index < -0.39 is 0 Å². The number of methoxy groups -OCH3 is 1. The van der Waals surface area contributed by atoms with Crippen molar-refractivity contribution in [3.63, 3.8) is 0 Å². The second kappa shape index (κ2) is 8.21. The first-order valence-corrected chi connectivity index (χ1v) is 6.62. The minimum absolute atomic E-state index is 0. The van der Waals surface area contributed by atoms with E-state index in [4.69, 9.17) is 22.7 Å². The van der Waals surface area contributed by atoms with Crippen molar-refractivity contribution in [1.82, 2.24) is 5.32 Å². The lowest BCUT2D eigenvalue weighted by Crippen LogP contribution is -2.34. The van der Waals surface area contributed by atoms with E-state index >= 15 is 0 Å². The van der Waals surface area contributed by atoms with Gasteiger partial charge in [-0.15, -0.1) is 12.4 Å². The lowest BCUT2D eigenvalue weighted by Gasteiger charge is -2.11. The van der Waals surface area contributed by atoms with Crippen LogP contribution in [0.1, 0.15) is 10.4 Å². The summed E-state index contributed by atoms with van der Waals surface area (Å²) in [5.41, 5.74) is 7.42. The Balaban J connectivity index is 0.00000242. The van der Waals surface area contributed by atoms with E-state index in [1.54, 1.807) is 48.5 Å². The monoisotopic (exact) mass is 337 g/mol. The number of carbonyl (C=O) groups is 1. The highest BCUT2D eigenvalue weighted by atomic mass is 35.5. The van der Waals surface area contributed by atoms with Gasteiger partial charge in [-0.2, -0.15) is 0 Å². The van der Waals surface area contributed by atoms with Gasteiger partial charge in [0, 0.05) is 11.4 Å². The summed E-state index contributed by atoms with van der Waals surface area (Å²) in [6, 6.07) is 14.0. The van der Waals surface area contributed by atoms with E-state index in [0.717, 1.165) is 5.69 Å². The van der Waals surface area contributed by atoms with Gasteiger partial charge in [-0.25, -0.2) is 0 Å². The van der Waals surface area contributed by atoms with Crippen molar-refractivity contribution in [2.75, 3.05) is 18.2 Å². The van der Waals surface area contributed by atoms with Gasteiger partial charge in [0.1, 0.15) is 5.75 Å². The van der Waals surface area contributed by atoms with Gasteiger partial charge in [-0.05, 0) is 48.6 Å². The first kappa shape index (κ1) is 17.7. The molecule has 2 aromatic rings. The van der Waals surface area contributed by atoms with Crippen molar-refractivity contribution in [3.8, 4) is 5.75 Å². The number of nitrogen functional groups attached to an aromatic ring is 1. The third-order valence-corrected chi connectivity index (χ3v) is 2.95. The maximum atomic E-state index is 12.1. The van der Waals surface area contributed by atoms with Crippen LogP contribution in [0.3, 0.4) is 0 Å². The lowest BCUT2D eigenvalue weighted by molar-refractivity contribution is 0.0975. The molecular weight excluding hydrogens is 322 g/mol. The van der Waals surface area contributed by atoms with Crippen molar-refractivity contribution in [1.29, 1.82) is 0 Å². The predicted octanol–water partition coefficient (Wildman–Crippen LogP) is 2.83. The maximum absolute atomic E-state index is 12.1. The van der Waals surface area contributed by atoms with Crippen LogP contribution in [0.15, 0.2) is 48.5 Å². The Labute approximate surface area is 140 Å². The Morgan fingerprint density at radius 1 is 1.14 bits per heavy atom. The number of para-hydroxylation sites is 1. The molecule has 0 heterocycles. The molecular formula is C15H16ClN3O2S. The summed E-state index contributed by atoms with van der Waals surface area (Å²) in [6.07, 6.45) is 0. The van der Waals surface area contributed by atoms with Crippen LogP contribution in [0.25, 0.3) is 0 Å². The molecule has 0 atom stereocenters. The fraction of sp³-hybridized carbons (Fsp3) is 0.0667. The summed E-state index contributed by atoms with van der Waals surface area (Å²) in [7, 11) is 1.51. The molecule has 0 aromatic heterocycles. The number of halogens is 1. The largest absolute Gasteiger partial charge is 0.496 e. The number of amides is 1. The Morgan fingerprint density at radius 2 is 1.77 bits per heavy atom. The molecule has 1 amide bonds. The highest BCUT2D eigenvalue weighted by molar-refractivity contribution is 7.80. The maximum Gasteiger partial charge on any atom is 0.261 e. The smallest absolute Gasteiger partial charge is 0.261 e. The molecule has 116 valence electrons. The fourth-order valence-electron chi connectivity index (χ4n) is 1.73. The molecule has 5 nitrogen and oxygen atoms in total. The lowest BCUT2D eigenvalue weighted by atomic mass is 10.2. The van der Waals surface area contributed by atoms with Crippen LogP contribution in [0.2, 0.25) is 0 Å². The van der Waals surface area contributed by atoms with Gasteiger partial charge in [-0.1, -0.05) is 12.1 Å². The average Bonchev–Trinajstić information content (AvgIpc) is 2.49. The zero-order chi connectivity index (χ0) is 15.2. The van der Waals surface area contributed by atoms with Gasteiger partial charge in [-0.3, -0.25) is 10.1 Å². The number of rotatable bonds is 3. The Morgan fingerprint density at radius 3 is 2.41 bits per heavy atom. The van der Waals surface area contributed by atoms with Crippen LogP contribution in [0.4, 0.5) is 11.4 Å². The molecule has 22 heavy (non-hydrogen) atoms. The Bertz CT molecular complexity index is 662. The minimum Gasteiger partial charge on any atom is -0.496 e. The van der Waals surface area contributed by atoms with Gasteiger partial charge >= 0.3 is 0 Å². The average molecular weight is 338 g/mol. The Hall–Kier alpha value is -2.31. The molecule has 0 spiro atoms. The van der Waals surface area contributed by atoms with Crippen LogP contribution < -0.4 is 21.1 Å². The first-order valence-electron chi connectivity index (χ1n) is 6.21. The van der Waals surface area contributed by atoms with E-state index in [-0.39, 0.29) is 23.4 Å². The molecule has 0 saturated carbocycles. The standard InChI is InChI=1S/C15H15N3O2S.ClH/c1-20-13-5-3-2-4-12(13)14(19)18-15(21)17-11-8-6-10(16)7-9-11;/h2-9H,16H2,1H3,(H2,17,18,19,21);1H. The van der Waals surface area contributed by atoms with Gasteiger partial charge in [0.2, 0.25) is 0 Å². The molecule has 0 aliphatic rings. The van der Waals surface area contributed by atoms with Crippen molar-refractivity contribution in [2.24, 2.45) is 0 Å². The molecule has 4 N–H and O–H groups in total. The highest BCUT2D eigenvalue weighted by Gasteiger charge is 2.12. The molecule has 0 bridgehead atoms. The number of hydrogen-bond acceptors (Lipinski definition) is 4. The summed E-state index contributed by atoms with van der Waals surface area (Å²) in [6.45, 7) is 0. The van der Waals surface area contributed by atoms with Crippen LogP contribution in [0, 0.1) is 0 Å². The molecule has 0 aliphatic carbocycles. The van der Waals surface area contributed by atoms with E-state index in [9.17, 15) is 4.79 Å². The first-order chi connectivity index (χ1) is 10.1. The van der Waals surface area contributed by atoms with Gasteiger partial charge in [0.05, 0.1) is 12.7 Å². The van der Waals surface area contributed by atoms with E-state index in [0.29, 0.717) is 17.0 Å². The molecule has 0 unspecified atom stereocenters. The molecule has 7 heteroatoms. The number of hydrogen-bond donors (Lipinski definition) is 3.